The molecule has 0 N–H and O–H groups in total. The number of unbranched alkanes of at least 4 members (excludes halogenated alkanes) is 1. The summed E-state index contributed by atoms with van der Waals surface area (Å²) in [4.78, 5) is 0. The van der Waals surface area contributed by atoms with Gasteiger partial charge >= 0.3 is 0 Å². The first-order valence-electron chi connectivity index (χ1n) is 6.19. The van der Waals surface area contributed by atoms with Crippen LogP contribution in [0.3, 0.4) is 0 Å². The Balaban J connectivity index is 2.72. The second-order valence-corrected chi connectivity index (χ2v) is 10.1. The molecule has 0 spiro atoms. The summed E-state index contributed by atoms with van der Waals surface area (Å²) >= 11 is 0. The predicted octanol–water partition coefficient (Wildman–Crippen LogP) is 3.96. The molecule has 0 saturated heterocycles. The summed E-state index contributed by atoms with van der Waals surface area (Å²) in [6, 6.07) is 10.7. The van der Waals surface area contributed by atoms with Crippen LogP contribution in [0.5, 0.6) is 0 Å². The highest BCUT2D eigenvalue weighted by molar-refractivity contribution is 6.89. The van der Waals surface area contributed by atoms with Gasteiger partial charge in [0.1, 0.15) is 0 Å². The standard InChI is InChI=1S/C14H24Si/c1-5-7-8-13-9-11-14(12-10-13)15(3,4)6-2/h9-12H,5-8H2,1-4H3. The van der Waals surface area contributed by atoms with Crippen LogP contribution in [-0.4, -0.2) is 8.07 Å². The Labute approximate surface area is 95.7 Å². The summed E-state index contributed by atoms with van der Waals surface area (Å²) < 4.78 is 0. The SMILES string of the molecule is CCCCc1ccc([Si](C)(C)CC)cc1. The van der Waals surface area contributed by atoms with Gasteiger partial charge in [-0.15, -0.1) is 0 Å². The Morgan fingerprint density at radius 1 is 1.00 bits per heavy atom. The van der Waals surface area contributed by atoms with Crippen LogP contribution in [0.2, 0.25) is 19.1 Å². The van der Waals surface area contributed by atoms with Crippen LogP contribution in [0.25, 0.3) is 0 Å². The number of hydrogen-bond donors (Lipinski definition) is 0. The van der Waals surface area contributed by atoms with Crippen molar-refractivity contribution in [3.05, 3.63) is 29.8 Å². The van der Waals surface area contributed by atoms with Gasteiger partial charge in [0, 0.05) is 0 Å². The maximum atomic E-state index is 2.45. The molecule has 1 aromatic carbocycles. The molecule has 0 nitrogen and oxygen atoms in total. The van der Waals surface area contributed by atoms with Gasteiger partial charge in [0.2, 0.25) is 0 Å². The lowest BCUT2D eigenvalue weighted by atomic mass is 10.1. The maximum absolute atomic E-state index is 2.45. The average Bonchev–Trinajstić information content (AvgIpc) is 2.27. The molecule has 0 unspecified atom stereocenters. The first-order valence-corrected chi connectivity index (χ1v) is 9.40. The molecule has 0 bridgehead atoms. The maximum Gasteiger partial charge on any atom is 0.0803 e. The van der Waals surface area contributed by atoms with Crippen molar-refractivity contribution in [2.24, 2.45) is 0 Å². The second kappa shape index (κ2) is 5.50. The van der Waals surface area contributed by atoms with Gasteiger partial charge in [-0.1, -0.05) is 68.9 Å². The Morgan fingerprint density at radius 3 is 2.07 bits per heavy atom. The van der Waals surface area contributed by atoms with Crippen LogP contribution in [0.1, 0.15) is 32.3 Å². The van der Waals surface area contributed by atoms with Crippen molar-refractivity contribution in [1.82, 2.24) is 0 Å². The van der Waals surface area contributed by atoms with Crippen molar-refractivity contribution in [3.8, 4) is 0 Å². The van der Waals surface area contributed by atoms with E-state index in [9.17, 15) is 0 Å². The summed E-state index contributed by atoms with van der Waals surface area (Å²) in [6.45, 7) is 9.47. The van der Waals surface area contributed by atoms with Crippen LogP contribution in [0, 0.1) is 0 Å². The average molecular weight is 220 g/mol. The molecule has 1 rings (SSSR count). The fourth-order valence-corrected chi connectivity index (χ4v) is 3.18. The van der Waals surface area contributed by atoms with Crippen molar-refractivity contribution in [3.63, 3.8) is 0 Å². The van der Waals surface area contributed by atoms with Gasteiger partial charge in [0.25, 0.3) is 0 Å². The largest absolute Gasteiger partial charge is 0.0803 e. The van der Waals surface area contributed by atoms with E-state index in [1.165, 1.54) is 30.9 Å². The smallest absolute Gasteiger partial charge is 0.0675 e. The fraction of sp³-hybridized carbons (Fsp3) is 0.571. The first kappa shape index (κ1) is 12.5. The Hall–Kier alpha value is -0.563. The van der Waals surface area contributed by atoms with E-state index in [0.29, 0.717) is 0 Å². The van der Waals surface area contributed by atoms with Crippen molar-refractivity contribution >= 4 is 13.3 Å². The molecular weight excluding hydrogens is 196 g/mol. The number of benzene rings is 1. The molecule has 0 aromatic heterocycles. The molecule has 0 aliphatic rings. The third kappa shape index (κ3) is 3.49. The minimum atomic E-state index is -1.11. The van der Waals surface area contributed by atoms with E-state index in [1.54, 1.807) is 5.19 Å². The molecule has 0 aliphatic carbocycles. The first-order chi connectivity index (χ1) is 7.10. The summed E-state index contributed by atoms with van der Waals surface area (Å²) in [5.41, 5.74) is 1.50. The van der Waals surface area contributed by atoms with Crippen LogP contribution in [0.4, 0.5) is 0 Å². The molecule has 0 heterocycles. The Morgan fingerprint density at radius 2 is 1.60 bits per heavy atom. The minimum Gasteiger partial charge on any atom is -0.0675 e. The Bertz CT molecular complexity index is 285. The summed E-state index contributed by atoms with van der Waals surface area (Å²) in [5.74, 6) is 0. The molecule has 0 radical (unpaired) electrons. The number of rotatable bonds is 5. The summed E-state index contributed by atoms with van der Waals surface area (Å²) in [5, 5.41) is 1.60. The molecule has 0 saturated carbocycles. The van der Waals surface area contributed by atoms with E-state index in [-0.39, 0.29) is 0 Å². The fourth-order valence-electron chi connectivity index (χ4n) is 1.71. The lowest BCUT2D eigenvalue weighted by Crippen LogP contribution is -2.40. The quantitative estimate of drug-likeness (QED) is 0.659. The van der Waals surface area contributed by atoms with E-state index >= 15 is 0 Å². The van der Waals surface area contributed by atoms with E-state index in [0.717, 1.165) is 0 Å². The Kier molecular flexibility index (Phi) is 4.59. The minimum absolute atomic E-state index is 1.11. The van der Waals surface area contributed by atoms with Gasteiger partial charge in [-0.25, -0.2) is 0 Å². The molecule has 0 atom stereocenters. The van der Waals surface area contributed by atoms with E-state index < -0.39 is 8.07 Å². The number of aryl methyl sites for hydroxylation is 1. The van der Waals surface area contributed by atoms with Crippen molar-refractivity contribution in [2.45, 2.75) is 52.2 Å². The summed E-state index contributed by atoms with van der Waals surface area (Å²) in [6.07, 6.45) is 3.84. The third-order valence-corrected chi connectivity index (χ3v) is 7.10. The summed E-state index contributed by atoms with van der Waals surface area (Å²) in [7, 11) is -1.11. The molecule has 84 valence electrons. The molecule has 1 aromatic rings. The van der Waals surface area contributed by atoms with E-state index in [1.807, 2.05) is 0 Å². The van der Waals surface area contributed by atoms with Gasteiger partial charge in [-0.2, -0.15) is 0 Å². The topological polar surface area (TPSA) is 0 Å². The highest BCUT2D eigenvalue weighted by Gasteiger charge is 2.19. The van der Waals surface area contributed by atoms with Crippen molar-refractivity contribution in [1.29, 1.82) is 0 Å². The zero-order valence-corrected chi connectivity index (χ0v) is 11.6. The van der Waals surface area contributed by atoms with Gasteiger partial charge in [-0.3, -0.25) is 0 Å². The highest BCUT2D eigenvalue weighted by atomic mass is 28.3. The van der Waals surface area contributed by atoms with Crippen LogP contribution >= 0.6 is 0 Å². The van der Waals surface area contributed by atoms with Crippen molar-refractivity contribution in [2.75, 3.05) is 0 Å². The number of hydrogen-bond acceptors (Lipinski definition) is 0. The van der Waals surface area contributed by atoms with E-state index in [4.69, 9.17) is 0 Å². The third-order valence-electron chi connectivity index (χ3n) is 3.44. The zero-order valence-electron chi connectivity index (χ0n) is 10.6. The van der Waals surface area contributed by atoms with Crippen LogP contribution < -0.4 is 5.19 Å². The molecule has 15 heavy (non-hydrogen) atoms. The lowest BCUT2D eigenvalue weighted by molar-refractivity contribution is 0.795. The van der Waals surface area contributed by atoms with Gasteiger partial charge in [0.15, 0.2) is 0 Å². The molecule has 0 fully saturated rings. The lowest BCUT2D eigenvalue weighted by Gasteiger charge is -2.20. The molecule has 1 heteroatoms. The van der Waals surface area contributed by atoms with Crippen LogP contribution in [-0.2, 0) is 6.42 Å². The van der Waals surface area contributed by atoms with Gasteiger partial charge in [0.05, 0.1) is 8.07 Å². The van der Waals surface area contributed by atoms with Gasteiger partial charge in [-0.05, 0) is 18.4 Å². The molecule has 0 amide bonds. The van der Waals surface area contributed by atoms with Crippen molar-refractivity contribution < 1.29 is 0 Å². The predicted molar refractivity (Wildman–Crippen MR) is 72.7 cm³/mol. The van der Waals surface area contributed by atoms with Gasteiger partial charge < -0.3 is 0 Å². The molecular formula is C14H24Si. The van der Waals surface area contributed by atoms with Crippen LogP contribution in [0.15, 0.2) is 24.3 Å². The highest BCUT2D eigenvalue weighted by Crippen LogP contribution is 2.10. The normalized spacial score (nSPS) is 11.7. The second-order valence-electron chi connectivity index (χ2n) is 5.04. The van der Waals surface area contributed by atoms with E-state index in [2.05, 4.69) is 51.2 Å². The monoisotopic (exact) mass is 220 g/mol. The zero-order chi connectivity index (χ0) is 11.3. The molecule has 0 aliphatic heterocycles.